The fourth-order valence-corrected chi connectivity index (χ4v) is 2.33. The molecular formula is C12H9N5O4S. The Balaban J connectivity index is 2.20. The molecule has 3 N–H and O–H groups in total. The van der Waals surface area contributed by atoms with E-state index in [1.54, 1.807) is 18.2 Å². The lowest BCUT2D eigenvalue weighted by molar-refractivity contribution is 0.0697. The first-order chi connectivity index (χ1) is 10.4. The number of carboxylic acid groups (broad SMARTS) is 1. The third kappa shape index (κ3) is 2.40. The number of aromatic carboxylic acids is 1. The second kappa shape index (κ2) is 4.86. The van der Waals surface area contributed by atoms with E-state index in [2.05, 4.69) is 15.1 Å². The summed E-state index contributed by atoms with van der Waals surface area (Å²) in [6, 6.07) is 7.83. The zero-order valence-corrected chi connectivity index (χ0v) is 11.7. The molecule has 2 aromatic heterocycles. The van der Waals surface area contributed by atoms with Crippen LogP contribution >= 0.6 is 0 Å². The number of fused-ring (bicyclic) bond motifs is 1. The number of rotatable bonds is 3. The number of hydrogen-bond donors (Lipinski definition) is 2. The quantitative estimate of drug-likeness (QED) is 0.699. The van der Waals surface area contributed by atoms with Crippen molar-refractivity contribution in [2.75, 3.05) is 0 Å². The van der Waals surface area contributed by atoms with Crippen LogP contribution in [0.25, 0.3) is 17.0 Å². The predicted octanol–water partition coefficient (Wildman–Crippen LogP) is 0.137. The Morgan fingerprint density at radius 2 is 1.91 bits per heavy atom. The van der Waals surface area contributed by atoms with Gasteiger partial charge in [-0.25, -0.2) is 27.9 Å². The molecule has 0 spiro atoms. The molecule has 3 rings (SSSR count). The van der Waals surface area contributed by atoms with Gasteiger partial charge in [0, 0.05) is 11.8 Å². The topological polar surface area (TPSA) is 141 Å². The first-order valence-electron chi connectivity index (χ1n) is 5.95. The lowest BCUT2D eigenvalue weighted by Crippen LogP contribution is -2.14. The first kappa shape index (κ1) is 14.1. The summed E-state index contributed by atoms with van der Waals surface area (Å²) in [6.45, 7) is 0. The highest BCUT2D eigenvalue weighted by Crippen LogP contribution is 2.22. The van der Waals surface area contributed by atoms with Gasteiger partial charge in [-0.15, -0.1) is 5.10 Å². The summed E-state index contributed by atoms with van der Waals surface area (Å²) in [4.78, 5) is 19.1. The number of primary sulfonamides is 1. The maximum atomic E-state index is 11.2. The first-order valence-corrected chi connectivity index (χ1v) is 7.50. The van der Waals surface area contributed by atoms with Crippen LogP contribution in [0.2, 0.25) is 0 Å². The highest BCUT2D eigenvalue weighted by Gasteiger charge is 2.17. The van der Waals surface area contributed by atoms with Crippen molar-refractivity contribution in [2.45, 2.75) is 5.16 Å². The fourth-order valence-electron chi connectivity index (χ4n) is 1.92. The van der Waals surface area contributed by atoms with Crippen molar-refractivity contribution in [3.63, 3.8) is 0 Å². The van der Waals surface area contributed by atoms with Gasteiger partial charge in [-0.05, 0) is 12.1 Å². The molecule has 3 aromatic rings. The molecular weight excluding hydrogens is 310 g/mol. The van der Waals surface area contributed by atoms with E-state index in [9.17, 15) is 18.3 Å². The standard InChI is InChI=1S/C12H9N5O4S/c13-22(20,21)12-15-11-14-9(5-6-17(11)16-12)7-3-1-2-4-8(7)10(18)19/h1-6H,(H,18,19)(H2,13,20,21). The van der Waals surface area contributed by atoms with Gasteiger partial charge in [-0.1, -0.05) is 18.2 Å². The van der Waals surface area contributed by atoms with Gasteiger partial charge in [0.1, 0.15) is 0 Å². The molecule has 0 fully saturated rings. The summed E-state index contributed by atoms with van der Waals surface area (Å²) >= 11 is 0. The summed E-state index contributed by atoms with van der Waals surface area (Å²) in [5.74, 6) is -1.09. The van der Waals surface area contributed by atoms with Crippen LogP contribution in [0.5, 0.6) is 0 Å². The Morgan fingerprint density at radius 1 is 1.18 bits per heavy atom. The molecule has 0 aliphatic rings. The summed E-state index contributed by atoms with van der Waals surface area (Å²) < 4.78 is 23.6. The number of aromatic nitrogens is 4. The third-order valence-electron chi connectivity index (χ3n) is 2.88. The summed E-state index contributed by atoms with van der Waals surface area (Å²) in [5, 5.41) is 17.3. The molecule has 22 heavy (non-hydrogen) atoms. The molecule has 0 amide bonds. The van der Waals surface area contributed by atoms with Gasteiger partial charge < -0.3 is 5.11 Å². The largest absolute Gasteiger partial charge is 0.478 e. The molecule has 0 atom stereocenters. The van der Waals surface area contributed by atoms with E-state index in [1.165, 1.54) is 18.3 Å². The van der Waals surface area contributed by atoms with Gasteiger partial charge >= 0.3 is 5.97 Å². The summed E-state index contributed by atoms with van der Waals surface area (Å²) in [6.07, 6.45) is 1.43. The molecule has 0 aliphatic heterocycles. The lowest BCUT2D eigenvalue weighted by Gasteiger charge is -2.04. The van der Waals surface area contributed by atoms with Crippen LogP contribution < -0.4 is 5.14 Å². The van der Waals surface area contributed by atoms with Crippen molar-refractivity contribution in [1.29, 1.82) is 0 Å². The summed E-state index contributed by atoms with van der Waals surface area (Å²) in [7, 11) is -4.04. The van der Waals surface area contributed by atoms with E-state index in [1.807, 2.05) is 0 Å². The number of nitrogens with zero attached hydrogens (tertiary/aromatic N) is 4. The van der Waals surface area contributed by atoms with Crippen molar-refractivity contribution < 1.29 is 18.3 Å². The fraction of sp³-hybridized carbons (Fsp3) is 0. The van der Waals surface area contributed by atoms with Gasteiger partial charge in [0.15, 0.2) is 0 Å². The van der Waals surface area contributed by atoms with Gasteiger partial charge in [0.05, 0.1) is 11.3 Å². The van der Waals surface area contributed by atoms with Crippen molar-refractivity contribution in [2.24, 2.45) is 5.14 Å². The van der Waals surface area contributed by atoms with E-state index in [4.69, 9.17) is 5.14 Å². The number of carbonyl (C=O) groups is 1. The Labute approximate surface area is 124 Å². The third-order valence-corrected chi connectivity index (χ3v) is 3.56. The Hall–Kier alpha value is -2.85. The van der Waals surface area contributed by atoms with E-state index < -0.39 is 21.1 Å². The van der Waals surface area contributed by atoms with Crippen LogP contribution in [0.4, 0.5) is 0 Å². The van der Waals surface area contributed by atoms with Crippen LogP contribution in [-0.4, -0.2) is 39.1 Å². The number of hydrogen-bond acceptors (Lipinski definition) is 6. The minimum absolute atomic E-state index is 0.00159. The molecule has 1 aromatic carbocycles. The average Bonchev–Trinajstić information content (AvgIpc) is 2.90. The Morgan fingerprint density at radius 3 is 2.59 bits per heavy atom. The average molecular weight is 319 g/mol. The highest BCUT2D eigenvalue weighted by molar-refractivity contribution is 7.89. The monoisotopic (exact) mass is 319 g/mol. The van der Waals surface area contributed by atoms with Gasteiger partial charge in [0.2, 0.25) is 0 Å². The second-order valence-corrected chi connectivity index (χ2v) is 5.80. The molecule has 0 bridgehead atoms. The van der Waals surface area contributed by atoms with Crippen LogP contribution in [0.1, 0.15) is 10.4 Å². The van der Waals surface area contributed by atoms with Gasteiger partial charge in [-0.2, -0.15) is 4.98 Å². The van der Waals surface area contributed by atoms with Crippen molar-refractivity contribution in [1.82, 2.24) is 19.6 Å². The molecule has 9 nitrogen and oxygen atoms in total. The predicted molar refractivity (Wildman–Crippen MR) is 74.6 cm³/mol. The van der Waals surface area contributed by atoms with Crippen LogP contribution in [0, 0.1) is 0 Å². The van der Waals surface area contributed by atoms with Crippen molar-refractivity contribution in [3.8, 4) is 11.3 Å². The molecule has 0 saturated heterocycles. The van der Waals surface area contributed by atoms with Crippen LogP contribution in [-0.2, 0) is 10.0 Å². The van der Waals surface area contributed by atoms with Gasteiger partial charge in [-0.3, -0.25) is 0 Å². The minimum atomic E-state index is -4.04. The number of sulfonamides is 1. The molecule has 0 radical (unpaired) electrons. The number of carboxylic acids is 1. The lowest BCUT2D eigenvalue weighted by atomic mass is 10.0. The number of benzene rings is 1. The second-order valence-electron chi connectivity index (χ2n) is 4.35. The zero-order valence-electron chi connectivity index (χ0n) is 10.9. The molecule has 0 unspecified atom stereocenters. The molecule has 0 aliphatic carbocycles. The van der Waals surface area contributed by atoms with Crippen molar-refractivity contribution >= 4 is 21.8 Å². The molecule has 0 saturated carbocycles. The maximum Gasteiger partial charge on any atom is 0.336 e. The zero-order chi connectivity index (χ0) is 15.9. The Kier molecular flexibility index (Phi) is 3.11. The number of nitrogens with two attached hydrogens (primary N) is 1. The molecule has 112 valence electrons. The van der Waals surface area contributed by atoms with Gasteiger partial charge in [0.25, 0.3) is 21.0 Å². The highest BCUT2D eigenvalue weighted by atomic mass is 32.2. The van der Waals surface area contributed by atoms with E-state index in [0.717, 1.165) is 4.52 Å². The van der Waals surface area contributed by atoms with E-state index in [0.29, 0.717) is 11.3 Å². The minimum Gasteiger partial charge on any atom is -0.478 e. The smallest absolute Gasteiger partial charge is 0.336 e. The van der Waals surface area contributed by atoms with Crippen LogP contribution in [0.3, 0.4) is 0 Å². The molecule has 10 heteroatoms. The normalized spacial score (nSPS) is 11.7. The molecule has 2 heterocycles. The van der Waals surface area contributed by atoms with E-state index in [-0.39, 0.29) is 11.3 Å². The van der Waals surface area contributed by atoms with E-state index >= 15 is 0 Å². The maximum absolute atomic E-state index is 11.2. The SMILES string of the molecule is NS(=O)(=O)c1nc2nc(-c3ccccc3C(=O)O)ccn2n1. The Bertz CT molecular complexity index is 996. The van der Waals surface area contributed by atoms with Crippen LogP contribution in [0.15, 0.2) is 41.7 Å². The van der Waals surface area contributed by atoms with Crippen molar-refractivity contribution in [3.05, 3.63) is 42.1 Å². The summed E-state index contributed by atoms with van der Waals surface area (Å²) in [5.41, 5.74) is 0.794.